The molecule has 2 atom stereocenters. The molecule has 142 valence electrons. The number of rotatable bonds is 4. The van der Waals surface area contributed by atoms with Crippen LogP contribution in [0, 0.1) is 0 Å². The number of fused-ring (bicyclic) bond motifs is 1. The number of nitrogens with zero attached hydrogens (tertiary/aromatic N) is 4. The summed E-state index contributed by atoms with van der Waals surface area (Å²) in [7, 11) is -3.18. The molecule has 0 aromatic carbocycles. The molecule has 1 aromatic rings. The average molecular weight is 380 g/mol. The summed E-state index contributed by atoms with van der Waals surface area (Å²) in [5, 5.41) is 0. The lowest BCUT2D eigenvalue weighted by molar-refractivity contribution is -0.137. The van der Waals surface area contributed by atoms with Gasteiger partial charge in [0.2, 0.25) is 5.91 Å². The van der Waals surface area contributed by atoms with Gasteiger partial charge in [0.1, 0.15) is 6.54 Å². The molecule has 0 saturated carbocycles. The Morgan fingerprint density at radius 1 is 1.27 bits per heavy atom. The number of sulfone groups is 1. The van der Waals surface area contributed by atoms with Gasteiger partial charge < -0.3 is 4.90 Å². The van der Waals surface area contributed by atoms with Gasteiger partial charge in [0, 0.05) is 38.1 Å². The number of allylic oxidation sites excluding steroid dienone is 1. The van der Waals surface area contributed by atoms with Crippen molar-refractivity contribution in [2.24, 2.45) is 0 Å². The summed E-state index contributed by atoms with van der Waals surface area (Å²) in [6.45, 7) is 5.66. The number of hydrogen-bond donors (Lipinski definition) is 0. The molecule has 1 amide bonds. The lowest BCUT2D eigenvalue weighted by atomic mass is 10.0. The third-order valence-corrected chi connectivity index (χ3v) is 6.63. The van der Waals surface area contributed by atoms with E-state index in [1.54, 1.807) is 11.0 Å². The van der Waals surface area contributed by atoms with E-state index >= 15 is 0 Å². The second-order valence-electron chi connectivity index (χ2n) is 7.11. The molecular formula is C17H24N4O4S. The summed E-state index contributed by atoms with van der Waals surface area (Å²) in [4.78, 5) is 31.9. The van der Waals surface area contributed by atoms with Crippen LogP contribution < -0.4 is 5.69 Å². The summed E-state index contributed by atoms with van der Waals surface area (Å²) in [6, 6.07) is 1.03. The molecule has 2 saturated heterocycles. The fourth-order valence-corrected chi connectivity index (χ4v) is 5.62. The molecule has 3 rings (SSSR count). The quantitative estimate of drug-likeness (QED) is 0.655. The normalized spacial score (nSPS) is 24.9. The maximum absolute atomic E-state index is 12.8. The van der Waals surface area contributed by atoms with Crippen LogP contribution in [0.4, 0.5) is 0 Å². The third kappa shape index (κ3) is 4.04. The molecule has 8 nitrogen and oxygen atoms in total. The standard InChI is InChI=1S/C17H24N4O4S/c1-13(2)4-7-19-8-9-21(15-12-26(24,25)11-14(15)19)16(22)10-20-6-3-5-18-17(20)23/h3-6,14-15H,7-12H2,1-2H3/t14-,15+/m1/s1. The highest BCUT2D eigenvalue weighted by Crippen LogP contribution is 2.27. The van der Waals surface area contributed by atoms with Gasteiger partial charge >= 0.3 is 5.69 Å². The maximum atomic E-state index is 12.8. The SMILES string of the molecule is CC(C)=CCN1CCN(C(=O)Cn2cccnc2=O)[C@H]2CS(=O)(=O)C[C@H]21. The highest BCUT2D eigenvalue weighted by atomic mass is 32.2. The molecule has 26 heavy (non-hydrogen) atoms. The van der Waals surface area contributed by atoms with Crippen molar-refractivity contribution in [3.63, 3.8) is 0 Å². The van der Waals surface area contributed by atoms with Crippen LogP contribution in [0.2, 0.25) is 0 Å². The third-order valence-electron chi connectivity index (χ3n) is 4.93. The number of carbonyl (C=O) groups excluding carboxylic acids is 1. The van der Waals surface area contributed by atoms with Crippen molar-refractivity contribution in [2.45, 2.75) is 32.5 Å². The topological polar surface area (TPSA) is 92.6 Å². The van der Waals surface area contributed by atoms with Gasteiger partial charge in [0.05, 0.1) is 17.5 Å². The zero-order valence-corrected chi connectivity index (χ0v) is 15.9. The van der Waals surface area contributed by atoms with Gasteiger partial charge in [-0.05, 0) is 19.9 Å². The number of aromatic nitrogens is 2. The van der Waals surface area contributed by atoms with Gasteiger partial charge in [-0.25, -0.2) is 18.2 Å². The first-order valence-electron chi connectivity index (χ1n) is 8.65. The van der Waals surface area contributed by atoms with E-state index in [1.165, 1.54) is 22.5 Å². The van der Waals surface area contributed by atoms with Crippen LogP contribution in [0.1, 0.15) is 13.8 Å². The van der Waals surface area contributed by atoms with Crippen LogP contribution in [0.5, 0.6) is 0 Å². The molecule has 0 N–H and O–H groups in total. The van der Waals surface area contributed by atoms with Crippen molar-refractivity contribution < 1.29 is 13.2 Å². The Balaban J connectivity index is 1.79. The highest BCUT2D eigenvalue weighted by molar-refractivity contribution is 7.91. The van der Waals surface area contributed by atoms with Crippen LogP contribution >= 0.6 is 0 Å². The summed E-state index contributed by atoms with van der Waals surface area (Å²) < 4.78 is 25.7. The summed E-state index contributed by atoms with van der Waals surface area (Å²) in [6.07, 6.45) is 4.97. The molecule has 1 aromatic heterocycles. The van der Waals surface area contributed by atoms with Crippen molar-refractivity contribution in [1.82, 2.24) is 19.4 Å². The lowest BCUT2D eigenvalue weighted by Gasteiger charge is -2.43. The second-order valence-corrected chi connectivity index (χ2v) is 9.26. The second kappa shape index (κ2) is 7.32. The molecule has 2 aliphatic heterocycles. The van der Waals surface area contributed by atoms with E-state index in [9.17, 15) is 18.0 Å². The Morgan fingerprint density at radius 3 is 2.69 bits per heavy atom. The van der Waals surface area contributed by atoms with Gasteiger partial charge in [-0.15, -0.1) is 0 Å². The Morgan fingerprint density at radius 2 is 2.00 bits per heavy atom. The fourth-order valence-electron chi connectivity index (χ4n) is 3.60. The van der Waals surface area contributed by atoms with Crippen LogP contribution in [0.15, 0.2) is 34.9 Å². The predicted molar refractivity (Wildman–Crippen MR) is 97.4 cm³/mol. The number of piperazine rings is 1. The Kier molecular flexibility index (Phi) is 5.29. The molecule has 0 bridgehead atoms. The van der Waals surface area contributed by atoms with Crippen molar-refractivity contribution in [2.75, 3.05) is 31.1 Å². The molecule has 2 fully saturated rings. The molecular weight excluding hydrogens is 356 g/mol. The molecule has 0 aliphatic carbocycles. The van der Waals surface area contributed by atoms with Crippen LogP contribution in [-0.4, -0.2) is 76.9 Å². The van der Waals surface area contributed by atoms with E-state index in [-0.39, 0.29) is 36.0 Å². The minimum absolute atomic E-state index is 0.0172. The lowest BCUT2D eigenvalue weighted by Crippen LogP contribution is -2.61. The van der Waals surface area contributed by atoms with Gasteiger partial charge in [-0.2, -0.15) is 0 Å². The fraction of sp³-hybridized carbons (Fsp3) is 0.588. The largest absolute Gasteiger partial charge is 0.347 e. The van der Waals surface area contributed by atoms with Crippen LogP contribution in [0.25, 0.3) is 0 Å². The van der Waals surface area contributed by atoms with Crippen LogP contribution in [-0.2, 0) is 21.2 Å². The number of amides is 1. The Bertz CT molecular complexity index is 873. The van der Waals surface area contributed by atoms with Gasteiger partial charge in [-0.1, -0.05) is 11.6 Å². The molecule has 9 heteroatoms. The smallest absolute Gasteiger partial charge is 0.334 e. The van der Waals surface area contributed by atoms with Crippen molar-refractivity contribution in [1.29, 1.82) is 0 Å². The maximum Gasteiger partial charge on any atom is 0.347 e. The summed E-state index contributed by atoms with van der Waals surface area (Å²) in [5.41, 5.74) is 0.690. The van der Waals surface area contributed by atoms with E-state index in [0.717, 1.165) is 0 Å². The molecule has 0 unspecified atom stereocenters. The highest BCUT2D eigenvalue weighted by Gasteiger charge is 2.47. The van der Waals surface area contributed by atoms with E-state index in [4.69, 9.17) is 0 Å². The average Bonchev–Trinajstić information content (AvgIpc) is 2.89. The van der Waals surface area contributed by atoms with Gasteiger partial charge in [-0.3, -0.25) is 14.3 Å². The molecule has 0 radical (unpaired) electrons. The summed E-state index contributed by atoms with van der Waals surface area (Å²) >= 11 is 0. The van der Waals surface area contributed by atoms with E-state index < -0.39 is 15.5 Å². The Labute approximate surface area is 153 Å². The van der Waals surface area contributed by atoms with Crippen molar-refractivity contribution in [3.05, 3.63) is 40.6 Å². The molecule has 3 heterocycles. The molecule has 2 aliphatic rings. The minimum atomic E-state index is -3.18. The number of carbonyl (C=O) groups is 1. The zero-order chi connectivity index (χ0) is 18.9. The van der Waals surface area contributed by atoms with Gasteiger partial charge in [0.25, 0.3) is 0 Å². The predicted octanol–water partition coefficient (Wildman–Crippen LogP) is -0.481. The van der Waals surface area contributed by atoms with E-state index in [2.05, 4.69) is 16.0 Å². The molecule has 0 spiro atoms. The van der Waals surface area contributed by atoms with Crippen LogP contribution in [0.3, 0.4) is 0 Å². The van der Waals surface area contributed by atoms with Gasteiger partial charge in [0.15, 0.2) is 9.84 Å². The summed E-state index contributed by atoms with van der Waals surface area (Å²) in [5.74, 6) is -0.185. The Hall–Kier alpha value is -2.00. The first-order valence-corrected chi connectivity index (χ1v) is 10.5. The number of hydrogen-bond acceptors (Lipinski definition) is 6. The first-order chi connectivity index (χ1) is 12.3. The minimum Gasteiger partial charge on any atom is -0.334 e. The van der Waals surface area contributed by atoms with Crippen molar-refractivity contribution >= 4 is 15.7 Å². The zero-order valence-electron chi connectivity index (χ0n) is 15.0. The van der Waals surface area contributed by atoms with Crippen molar-refractivity contribution in [3.8, 4) is 0 Å². The van der Waals surface area contributed by atoms with E-state index in [1.807, 2.05) is 13.8 Å². The van der Waals surface area contributed by atoms with E-state index in [0.29, 0.717) is 19.6 Å². The monoisotopic (exact) mass is 380 g/mol. The first kappa shape index (κ1) is 18.8.